The molecule has 0 saturated carbocycles. The molecule has 1 aromatic carbocycles. The highest BCUT2D eigenvalue weighted by Gasteiger charge is 2.16. The van der Waals surface area contributed by atoms with Gasteiger partial charge in [-0.2, -0.15) is 5.26 Å². The SMILES string of the molecule is C[n+]1ccn(C(CC#N)Cc2ccccc2)c1. The van der Waals surface area contributed by atoms with E-state index < -0.39 is 0 Å². The van der Waals surface area contributed by atoms with E-state index in [9.17, 15) is 0 Å². The van der Waals surface area contributed by atoms with E-state index in [1.807, 2.05) is 48.5 Å². The smallest absolute Gasteiger partial charge is 0.240 e. The molecule has 1 unspecified atom stereocenters. The van der Waals surface area contributed by atoms with Gasteiger partial charge in [0.05, 0.1) is 19.5 Å². The summed E-state index contributed by atoms with van der Waals surface area (Å²) < 4.78 is 4.10. The van der Waals surface area contributed by atoms with Crippen LogP contribution in [0.5, 0.6) is 0 Å². The van der Waals surface area contributed by atoms with Crippen LogP contribution in [-0.2, 0) is 13.5 Å². The first kappa shape index (κ1) is 11.4. The van der Waals surface area contributed by atoms with Crippen molar-refractivity contribution in [3.63, 3.8) is 0 Å². The number of aromatic nitrogens is 2. The maximum Gasteiger partial charge on any atom is 0.243 e. The Bertz CT molecular complexity index is 508. The number of benzene rings is 1. The molecule has 3 heteroatoms. The van der Waals surface area contributed by atoms with Crippen LogP contribution in [0.15, 0.2) is 49.1 Å². The highest BCUT2D eigenvalue weighted by Crippen LogP contribution is 2.16. The summed E-state index contributed by atoms with van der Waals surface area (Å²) in [4.78, 5) is 0. The Hall–Kier alpha value is -2.08. The number of aryl methyl sites for hydroxylation is 1. The maximum atomic E-state index is 8.91. The first-order chi connectivity index (χ1) is 8.29. The van der Waals surface area contributed by atoms with Crippen LogP contribution in [0.25, 0.3) is 0 Å². The summed E-state index contributed by atoms with van der Waals surface area (Å²) in [6.45, 7) is 0. The van der Waals surface area contributed by atoms with Crippen LogP contribution in [0.3, 0.4) is 0 Å². The molecule has 86 valence electrons. The van der Waals surface area contributed by atoms with Gasteiger partial charge in [0.15, 0.2) is 0 Å². The first-order valence-corrected chi connectivity index (χ1v) is 5.73. The molecule has 0 bridgehead atoms. The Morgan fingerprint density at radius 1 is 1.35 bits per heavy atom. The lowest BCUT2D eigenvalue weighted by atomic mass is 10.0. The van der Waals surface area contributed by atoms with E-state index in [1.54, 1.807) is 0 Å². The van der Waals surface area contributed by atoms with Gasteiger partial charge in [-0.1, -0.05) is 30.3 Å². The van der Waals surface area contributed by atoms with Crippen LogP contribution in [0.2, 0.25) is 0 Å². The molecule has 1 aromatic heterocycles. The van der Waals surface area contributed by atoms with Crippen LogP contribution in [0.1, 0.15) is 18.0 Å². The molecule has 0 aliphatic heterocycles. The summed E-state index contributed by atoms with van der Waals surface area (Å²) >= 11 is 0. The van der Waals surface area contributed by atoms with Gasteiger partial charge in [0.25, 0.3) is 0 Å². The molecule has 2 rings (SSSR count). The van der Waals surface area contributed by atoms with Gasteiger partial charge in [-0.3, -0.25) is 0 Å². The standard InChI is InChI=1S/C14H16N3/c1-16-9-10-17(12-16)14(7-8-15)11-13-5-3-2-4-6-13/h2-6,9-10,12,14H,7,11H2,1H3/q+1. The van der Waals surface area contributed by atoms with E-state index in [1.165, 1.54) is 5.56 Å². The van der Waals surface area contributed by atoms with E-state index >= 15 is 0 Å². The lowest BCUT2D eigenvalue weighted by Crippen LogP contribution is -2.24. The molecular weight excluding hydrogens is 210 g/mol. The Morgan fingerprint density at radius 2 is 2.12 bits per heavy atom. The number of rotatable bonds is 4. The highest BCUT2D eigenvalue weighted by molar-refractivity contribution is 5.16. The Kier molecular flexibility index (Phi) is 3.56. The first-order valence-electron chi connectivity index (χ1n) is 5.73. The van der Waals surface area contributed by atoms with Crippen LogP contribution < -0.4 is 4.57 Å². The van der Waals surface area contributed by atoms with E-state index in [0.717, 1.165) is 6.42 Å². The third-order valence-electron chi connectivity index (χ3n) is 2.85. The molecule has 0 amide bonds. The minimum Gasteiger partial charge on any atom is -0.240 e. The molecule has 0 radical (unpaired) electrons. The summed E-state index contributed by atoms with van der Waals surface area (Å²) in [6.07, 6.45) is 7.46. The fourth-order valence-electron chi connectivity index (χ4n) is 1.96. The Labute approximate surface area is 102 Å². The molecule has 17 heavy (non-hydrogen) atoms. The van der Waals surface area contributed by atoms with Gasteiger partial charge in [0, 0.05) is 6.42 Å². The molecule has 0 spiro atoms. The van der Waals surface area contributed by atoms with Gasteiger partial charge in [0.2, 0.25) is 6.33 Å². The Morgan fingerprint density at radius 3 is 2.71 bits per heavy atom. The summed E-state index contributed by atoms with van der Waals surface area (Å²) in [5, 5.41) is 8.91. The average Bonchev–Trinajstić information content (AvgIpc) is 2.77. The van der Waals surface area contributed by atoms with Gasteiger partial charge in [-0.05, 0) is 5.56 Å². The van der Waals surface area contributed by atoms with Gasteiger partial charge >= 0.3 is 0 Å². The van der Waals surface area contributed by atoms with E-state index in [0.29, 0.717) is 6.42 Å². The van der Waals surface area contributed by atoms with Gasteiger partial charge in [-0.15, -0.1) is 0 Å². The van der Waals surface area contributed by atoms with Crippen molar-refractivity contribution in [2.24, 2.45) is 7.05 Å². The normalized spacial score (nSPS) is 12.0. The van der Waals surface area contributed by atoms with Crippen LogP contribution >= 0.6 is 0 Å². The van der Waals surface area contributed by atoms with Crippen molar-refractivity contribution in [1.82, 2.24) is 4.57 Å². The molecule has 0 aliphatic carbocycles. The molecule has 1 atom stereocenters. The fraction of sp³-hybridized carbons (Fsp3) is 0.286. The van der Waals surface area contributed by atoms with E-state index in [-0.39, 0.29) is 6.04 Å². The number of hydrogen-bond donors (Lipinski definition) is 0. The summed E-state index contributed by atoms with van der Waals surface area (Å²) in [7, 11) is 1.99. The molecule has 0 aliphatic rings. The van der Waals surface area contributed by atoms with Gasteiger partial charge < -0.3 is 0 Å². The predicted octanol–water partition coefficient (Wildman–Crippen LogP) is 2.01. The summed E-state index contributed by atoms with van der Waals surface area (Å²) in [5.74, 6) is 0. The van der Waals surface area contributed by atoms with Crippen molar-refractivity contribution in [2.75, 3.05) is 0 Å². The third-order valence-corrected chi connectivity index (χ3v) is 2.85. The van der Waals surface area contributed by atoms with Crippen LogP contribution in [0.4, 0.5) is 0 Å². The molecule has 0 saturated heterocycles. The molecule has 3 nitrogen and oxygen atoms in total. The molecule has 0 fully saturated rings. The second-order valence-corrected chi connectivity index (χ2v) is 4.23. The summed E-state index contributed by atoms with van der Waals surface area (Å²) in [6, 6.07) is 12.8. The lowest BCUT2D eigenvalue weighted by molar-refractivity contribution is -0.671. The molecule has 0 N–H and O–H groups in total. The quantitative estimate of drug-likeness (QED) is 0.734. The van der Waals surface area contributed by atoms with Crippen molar-refractivity contribution < 1.29 is 4.57 Å². The largest absolute Gasteiger partial charge is 0.243 e. The second-order valence-electron chi connectivity index (χ2n) is 4.23. The van der Waals surface area contributed by atoms with Crippen LogP contribution in [0, 0.1) is 11.3 Å². The maximum absolute atomic E-state index is 8.91. The fourth-order valence-corrected chi connectivity index (χ4v) is 1.96. The van der Waals surface area contributed by atoms with Crippen molar-refractivity contribution in [3.8, 4) is 6.07 Å². The zero-order chi connectivity index (χ0) is 12.1. The number of hydrogen-bond acceptors (Lipinski definition) is 1. The monoisotopic (exact) mass is 226 g/mol. The molecular formula is C14H16N3+. The number of nitriles is 1. The lowest BCUT2D eigenvalue weighted by Gasteiger charge is -2.10. The van der Waals surface area contributed by atoms with Crippen molar-refractivity contribution in [1.29, 1.82) is 5.26 Å². The number of imidazole rings is 1. The van der Waals surface area contributed by atoms with E-state index in [2.05, 4.69) is 22.8 Å². The average molecular weight is 226 g/mol. The molecule has 1 heterocycles. The summed E-state index contributed by atoms with van der Waals surface area (Å²) in [5.41, 5.74) is 1.27. The topological polar surface area (TPSA) is 32.6 Å². The highest BCUT2D eigenvalue weighted by atomic mass is 15.1. The van der Waals surface area contributed by atoms with Crippen molar-refractivity contribution in [2.45, 2.75) is 18.9 Å². The Balaban J connectivity index is 2.16. The minimum atomic E-state index is 0.212. The van der Waals surface area contributed by atoms with Crippen molar-refractivity contribution >= 4 is 0 Å². The van der Waals surface area contributed by atoms with Gasteiger partial charge in [0.1, 0.15) is 18.4 Å². The second kappa shape index (κ2) is 5.31. The zero-order valence-corrected chi connectivity index (χ0v) is 9.95. The van der Waals surface area contributed by atoms with Gasteiger partial charge in [-0.25, -0.2) is 9.13 Å². The van der Waals surface area contributed by atoms with E-state index in [4.69, 9.17) is 5.26 Å². The molecule has 2 aromatic rings. The zero-order valence-electron chi connectivity index (χ0n) is 9.95. The van der Waals surface area contributed by atoms with Crippen molar-refractivity contribution in [3.05, 3.63) is 54.6 Å². The van der Waals surface area contributed by atoms with Crippen LogP contribution in [-0.4, -0.2) is 4.57 Å². The minimum absolute atomic E-state index is 0.212. The number of nitrogens with zero attached hydrogens (tertiary/aromatic N) is 3. The predicted molar refractivity (Wildman–Crippen MR) is 65.0 cm³/mol. The third kappa shape index (κ3) is 2.94.